The van der Waals surface area contributed by atoms with Crippen LogP contribution in [-0.4, -0.2) is 33.6 Å². The molecule has 3 heterocycles. The molecule has 0 atom stereocenters. The van der Waals surface area contributed by atoms with Gasteiger partial charge in [0.25, 0.3) is 0 Å². The maximum Gasteiger partial charge on any atom is 0.356 e. The number of imidazole rings is 1. The number of hydrogen-bond acceptors (Lipinski definition) is 4. The first-order valence-corrected chi connectivity index (χ1v) is 7.93. The van der Waals surface area contributed by atoms with E-state index in [1.807, 2.05) is 12.1 Å². The molecule has 1 aliphatic heterocycles. The maximum absolute atomic E-state index is 11.0. The average molecular weight is 322 g/mol. The molecule has 0 spiro atoms. The first-order chi connectivity index (χ1) is 10.1. The molecule has 5 nitrogen and oxygen atoms in total. The van der Waals surface area contributed by atoms with Crippen molar-refractivity contribution in [2.45, 2.75) is 12.8 Å². The summed E-state index contributed by atoms with van der Waals surface area (Å²) in [4.78, 5) is 18.1. The molecule has 1 saturated heterocycles. The van der Waals surface area contributed by atoms with Crippen molar-refractivity contribution in [2.24, 2.45) is 0 Å². The Hall–Kier alpha value is -1.79. The number of carboxylic acid groups (broad SMARTS) is 1. The third kappa shape index (κ3) is 1.90. The average Bonchev–Trinajstić information content (AvgIpc) is 3.14. The van der Waals surface area contributed by atoms with Crippen molar-refractivity contribution in [3.63, 3.8) is 0 Å². The Morgan fingerprint density at radius 3 is 2.81 bits per heavy atom. The predicted octanol–water partition coefficient (Wildman–Crippen LogP) is 3.50. The molecule has 4 rings (SSSR count). The summed E-state index contributed by atoms with van der Waals surface area (Å²) in [5.74, 6) is -1.01. The van der Waals surface area contributed by atoms with Gasteiger partial charge in [-0.25, -0.2) is 9.78 Å². The van der Waals surface area contributed by atoms with Gasteiger partial charge in [0.1, 0.15) is 0 Å². The van der Waals surface area contributed by atoms with Crippen LogP contribution in [0.5, 0.6) is 0 Å². The highest BCUT2D eigenvalue weighted by Gasteiger charge is 2.20. The highest BCUT2D eigenvalue weighted by molar-refractivity contribution is 7.24. The second-order valence-electron chi connectivity index (χ2n) is 5.13. The number of rotatable bonds is 2. The van der Waals surface area contributed by atoms with Gasteiger partial charge in [0.2, 0.25) is 0 Å². The van der Waals surface area contributed by atoms with E-state index in [9.17, 15) is 4.79 Å². The van der Waals surface area contributed by atoms with Crippen molar-refractivity contribution < 1.29 is 9.90 Å². The van der Waals surface area contributed by atoms with E-state index in [1.54, 1.807) is 10.6 Å². The topological polar surface area (TPSA) is 57.8 Å². The first-order valence-electron chi connectivity index (χ1n) is 6.73. The van der Waals surface area contributed by atoms with Gasteiger partial charge < -0.3 is 10.0 Å². The van der Waals surface area contributed by atoms with Gasteiger partial charge in [0, 0.05) is 19.3 Å². The maximum atomic E-state index is 11.0. The van der Waals surface area contributed by atoms with E-state index in [0.717, 1.165) is 34.0 Å². The largest absolute Gasteiger partial charge is 0.476 e. The molecule has 1 fully saturated rings. The number of fused-ring (bicyclic) bond motifs is 3. The van der Waals surface area contributed by atoms with Crippen LogP contribution in [0.3, 0.4) is 0 Å². The number of hydrogen-bond donors (Lipinski definition) is 1. The fraction of sp³-hybridized carbons (Fsp3) is 0.286. The van der Waals surface area contributed by atoms with Crippen LogP contribution < -0.4 is 4.90 Å². The van der Waals surface area contributed by atoms with Gasteiger partial charge in [-0.15, -0.1) is 0 Å². The fourth-order valence-corrected chi connectivity index (χ4v) is 4.26. The van der Waals surface area contributed by atoms with E-state index in [4.69, 9.17) is 16.7 Å². The van der Waals surface area contributed by atoms with E-state index in [0.29, 0.717) is 4.96 Å². The number of anilines is 1. The number of aromatic nitrogens is 2. The molecule has 7 heteroatoms. The summed E-state index contributed by atoms with van der Waals surface area (Å²) < 4.78 is 2.75. The summed E-state index contributed by atoms with van der Waals surface area (Å²) >= 11 is 7.99. The number of halogens is 1. The molecular formula is C14H12ClN3O2S. The van der Waals surface area contributed by atoms with E-state index >= 15 is 0 Å². The highest BCUT2D eigenvalue weighted by Crippen LogP contribution is 2.39. The second kappa shape index (κ2) is 4.61. The van der Waals surface area contributed by atoms with Crippen LogP contribution in [0.1, 0.15) is 23.3 Å². The second-order valence-corrected chi connectivity index (χ2v) is 6.48. The fourth-order valence-electron chi connectivity index (χ4n) is 2.83. The van der Waals surface area contributed by atoms with E-state index in [-0.39, 0.29) is 5.69 Å². The monoisotopic (exact) mass is 321 g/mol. The van der Waals surface area contributed by atoms with E-state index in [1.165, 1.54) is 24.2 Å². The molecular weight excluding hydrogens is 310 g/mol. The molecule has 0 saturated carbocycles. The molecule has 21 heavy (non-hydrogen) atoms. The van der Waals surface area contributed by atoms with Crippen LogP contribution in [0.25, 0.3) is 15.2 Å². The number of thiazole rings is 1. The Morgan fingerprint density at radius 1 is 1.33 bits per heavy atom. The van der Waals surface area contributed by atoms with Crippen LogP contribution in [0, 0.1) is 0 Å². The molecule has 0 bridgehead atoms. The molecule has 0 aliphatic carbocycles. The third-order valence-corrected chi connectivity index (χ3v) is 5.43. The lowest BCUT2D eigenvalue weighted by molar-refractivity contribution is 0.0691. The van der Waals surface area contributed by atoms with Crippen molar-refractivity contribution in [2.75, 3.05) is 18.0 Å². The van der Waals surface area contributed by atoms with Crippen molar-refractivity contribution in [1.82, 2.24) is 9.38 Å². The van der Waals surface area contributed by atoms with Crippen molar-refractivity contribution in [1.29, 1.82) is 0 Å². The minimum absolute atomic E-state index is 0.0582. The summed E-state index contributed by atoms with van der Waals surface area (Å²) in [7, 11) is 0. The van der Waals surface area contributed by atoms with Crippen LogP contribution in [0.15, 0.2) is 18.3 Å². The van der Waals surface area contributed by atoms with Crippen molar-refractivity contribution in [3.8, 4) is 0 Å². The van der Waals surface area contributed by atoms with E-state index in [2.05, 4.69) is 9.88 Å². The molecule has 0 amide bonds. The summed E-state index contributed by atoms with van der Waals surface area (Å²) in [6, 6.07) is 4.01. The molecule has 1 aromatic carbocycles. The third-order valence-electron chi connectivity index (χ3n) is 3.85. The minimum Gasteiger partial charge on any atom is -0.476 e. The number of benzene rings is 1. The Morgan fingerprint density at radius 2 is 2.10 bits per heavy atom. The molecule has 2 aromatic heterocycles. The Bertz CT molecular complexity index is 864. The van der Waals surface area contributed by atoms with Gasteiger partial charge in [0.15, 0.2) is 10.7 Å². The molecule has 108 valence electrons. The van der Waals surface area contributed by atoms with E-state index < -0.39 is 5.97 Å². The SMILES string of the molecule is O=C(O)c1cn2c(n1)sc1c(Cl)c(N3CCCC3)ccc12. The Balaban J connectivity index is 1.91. The normalized spacial score (nSPS) is 15.4. The summed E-state index contributed by atoms with van der Waals surface area (Å²) in [5.41, 5.74) is 2.02. The summed E-state index contributed by atoms with van der Waals surface area (Å²) in [5, 5.41) is 9.75. The highest BCUT2D eigenvalue weighted by atomic mass is 35.5. The van der Waals surface area contributed by atoms with Gasteiger partial charge in [-0.05, 0) is 25.0 Å². The quantitative estimate of drug-likeness (QED) is 0.785. The van der Waals surface area contributed by atoms with Crippen LogP contribution in [0.4, 0.5) is 5.69 Å². The molecule has 3 aromatic rings. The van der Waals surface area contributed by atoms with Crippen molar-refractivity contribution >= 4 is 49.8 Å². The van der Waals surface area contributed by atoms with Crippen LogP contribution >= 0.6 is 22.9 Å². The predicted molar refractivity (Wildman–Crippen MR) is 84.0 cm³/mol. The lowest BCUT2D eigenvalue weighted by Gasteiger charge is -2.19. The number of aromatic carboxylic acids is 1. The zero-order valence-electron chi connectivity index (χ0n) is 11.0. The van der Waals surface area contributed by atoms with Crippen LogP contribution in [0.2, 0.25) is 5.02 Å². The molecule has 0 radical (unpaired) electrons. The lowest BCUT2D eigenvalue weighted by atomic mass is 10.2. The first kappa shape index (κ1) is 12.9. The molecule has 1 aliphatic rings. The number of nitrogens with zero attached hydrogens (tertiary/aromatic N) is 3. The lowest BCUT2D eigenvalue weighted by Crippen LogP contribution is -2.17. The summed E-state index contributed by atoms with van der Waals surface area (Å²) in [6.07, 6.45) is 3.94. The number of carboxylic acids is 1. The minimum atomic E-state index is -1.01. The van der Waals surface area contributed by atoms with Gasteiger partial charge >= 0.3 is 5.97 Å². The van der Waals surface area contributed by atoms with Crippen LogP contribution in [-0.2, 0) is 0 Å². The van der Waals surface area contributed by atoms with Gasteiger partial charge in [-0.1, -0.05) is 22.9 Å². The Labute approximate surface area is 129 Å². The standard InChI is InChI=1S/C14H12ClN3O2S/c15-11-9(17-5-1-2-6-17)3-4-10-12(11)21-14-16-8(13(19)20)7-18(10)14/h3-4,7H,1-2,5-6H2,(H,19,20). The zero-order chi connectivity index (χ0) is 14.6. The number of carbonyl (C=O) groups is 1. The Kier molecular flexibility index (Phi) is 2.83. The summed E-state index contributed by atoms with van der Waals surface area (Å²) in [6.45, 7) is 2.08. The van der Waals surface area contributed by atoms with Crippen molar-refractivity contribution in [3.05, 3.63) is 29.0 Å². The zero-order valence-corrected chi connectivity index (χ0v) is 12.6. The van der Waals surface area contributed by atoms with Gasteiger partial charge in [-0.2, -0.15) is 0 Å². The molecule has 1 N–H and O–H groups in total. The van der Waals surface area contributed by atoms with Gasteiger partial charge in [-0.3, -0.25) is 4.40 Å². The van der Waals surface area contributed by atoms with Gasteiger partial charge in [0.05, 0.1) is 20.9 Å². The molecule has 0 unspecified atom stereocenters. The smallest absolute Gasteiger partial charge is 0.356 e.